The molecule has 5 aliphatic rings. The van der Waals surface area contributed by atoms with Crippen LogP contribution in [0.4, 0.5) is 0 Å². The van der Waals surface area contributed by atoms with Gasteiger partial charge >= 0.3 is 0 Å². The standard InChI is InChI=1S/C23H30O3/c1-4-22(24-3)11-9-20-19-6-5-16-15-23(25-13-14-26-23)12-8-17(16)18(19)7-10-21(20,22)2/h1,7,19-20H,5-6,8-15H2,2-3H3/t19-,20+,21+,22+/m1/s1. The van der Waals surface area contributed by atoms with Crippen LogP contribution < -0.4 is 0 Å². The van der Waals surface area contributed by atoms with E-state index in [9.17, 15) is 0 Å². The van der Waals surface area contributed by atoms with Gasteiger partial charge < -0.3 is 14.2 Å². The van der Waals surface area contributed by atoms with E-state index >= 15 is 0 Å². The third kappa shape index (κ3) is 2.07. The van der Waals surface area contributed by atoms with Crippen LogP contribution in [-0.4, -0.2) is 31.7 Å². The first-order chi connectivity index (χ1) is 12.6. The van der Waals surface area contributed by atoms with E-state index in [1.165, 1.54) is 19.3 Å². The van der Waals surface area contributed by atoms with Crippen molar-refractivity contribution in [2.24, 2.45) is 17.3 Å². The molecule has 4 atom stereocenters. The number of hydrogen-bond acceptors (Lipinski definition) is 3. The Morgan fingerprint density at radius 2 is 2.00 bits per heavy atom. The summed E-state index contributed by atoms with van der Waals surface area (Å²) in [5, 5.41) is 0. The Labute approximate surface area is 157 Å². The summed E-state index contributed by atoms with van der Waals surface area (Å²) in [7, 11) is 1.80. The molecule has 5 rings (SSSR count). The lowest BCUT2D eigenvalue weighted by Gasteiger charge is -2.50. The molecular formula is C23H30O3. The molecule has 0 aromatic heterocycles. The summed E-state index contributed by atoms with van der Waals surface area (Å²) in [5.74, 6) is 4.04. The molecule has 1 spiro atoms. The maximum atomic E-state index is 5.99. The summed E-state index contributed by atoms with van der Waals surface area (Å²) in [4.78, 5) is 0. The van der Waals surface area contributed by atoms with Crippen molar-refractivity contribution in [3.63, 3.8) is 0 Å². The number of rotatable bonds is 1. The van der Waals surface area contributed by atoms with Gasteiger partial charge in [-0.15, -0.1) is 6.42 Å². The Hall–Kier alpha value is -1.08. The molecule has 2 fully saturated rings. The summed E-state index contributed by atoms with van der Waals surface area (Å²) in [5.41, 5.74) is 4.53. The lowest BCUT2D eigenvalue weighted by atomic mass is 9.56. The third-order valence-electron chi connectivity index (χ3n) is 8.35. The van der Waals surface area contributed by atoms with Crippen molar-refractivity contribution in [1.82, 2.24) is 0 Å². The van der Waals surface area contributed by atoms with Crippen LogP contribution in [0.1, 0.15) is 58.3 Å². The molecule has 3 heteroatoms. The van der Waals surface area contributed by atoms with E-state index in [1.54, 1.807) is 23.8 Å². The smallest absolute Gasteiger partial charge is 0.172 e. The van der Waals surface area contributed by atoms with Crippen LogP contribution in [0.2, 0.25) is 0 Å². The molecule has 0 amide bonds. The van der Waals surface area contributed by atoms with Gasteiger partial charge in [0.2, 0.25) is 0 Å². The van der Waals surface area contributed by atoms with Crippen molar-refractivity contribution < 1.29 is 14.2 Å². The fourth-order valence-corrected chi connectivity index (χ4v) is 6.92. The molecular weight excluding hydrogens is 324 g/mol. The largest absolute Gasteiger partial charge is 0.365 e. The molecule has 0 aromatic rings. The Morgan fingerprint density at radius 1 is 1.19 bits per heavy atom. The Bertz CT molecular complexity index is 720. The molecule has 140 valence electrons. The molecule has 1 heterocycles. The maximum absolute atomic E-state index is 5.99. The van der Waals surface area contributed by atoms with Gasteiger partial charge in [-0.2, -0.15) is 0 Å². The summed E-state index contributed by atoms with van der Waals surface area (Å²) >= 11 is 0. The average molecular weight is 354 g/mol. The van der Waals surface area contributed by atoms with Crippen LogP contribution >= 0.6 is 0 Å². The number of ether oxygens (including phenoxy) is 3. The van der Waals surface area contributed by atoms with Gasteiger partial charge in [0, 0.05) is 25.4 Å². The van der Waals surface area contributed by atoms with E-state index in [2.05, 4.69) is 18.9 Å². The molecule has 0 aromatic carbocycles. The van der Waals surface area contributed by atoms with Gasteiger partial charge in [-0.3, -0.25) is 0 Å². The lowest BCUT2D eigenvalue weighted by molar-refractivity contribution is -0.164. The Balaban J connectivity index is 1.49. The van der Waals surface area contributed by atoms with Crippen molar-refractivity contribution in [3.8, 4) is 12.3 Å². The van der Waals surface area contributed by atoms with E-state index in [1.807, 2.05) is 0 Å². The molecule has 3 nitrogen and oxygen atoms in total. The molecule has 0 unspecified atom stereocenters. The second-order valence-corrected chi connectivity index (χ2v) is 9.11. The molecule has 1 saturated carbocycles. The first kappa shape index (κ1) is 17.0. The molecule has 1 saturated heterocycles. The van der Waals surface area contributed by atoms with Gasteiger partial charge in [0.15, 0.2) is 5.79 Å². The minimum atomic E-state index is -0.392. The fraction of sp³-hybridized carbons (Fsp3) is 0.739. The zero-order chi connectivity index (χ0) is 18.0. The number of terminal acetylenes is 1. The highest BCUT2D eigenvalue weighted by molar-refractivity contribution is 5.45. The average Bonchev–Trinajstić information content (AvgIpc) is 3.23. The highest BCUT2D eigenvalue weighted by atomic mass is 16.7. The molecule has 0 bridgehead atoms. The van der Waals surface area contributed by atoms with Crippen molar-refractivity contribution in [1.29, 1.82) is 0 Å². The SMILES string of the molecule is C#C[C@]1(OC)CC[C@H]2[C@@H]3CCC4=C(CCC5(C4)OCCO5)C3=CC[C@@]21C. The first-order valence-corrected chi connectivity index (χ1v) is 10.3. The van der Waals surface area contributed by atoms with Gasteiger partial charge in [0.25, 0.3) is 0 Å². The second-order valence-electron chi connectivity index (χ2n) is 9.11. The predicted octanol–water partition coefficient (Wildman–Crippen LogP) is 4.38. The van der Waals surface area contributed by atoms with Gasteiger partial charge in [-0.1, -0.05) is 24.5 Å². The van der Waals surface area contributed by atoms with Gasteiger partial charge in [-0.25, -0.2) is 0 Å². The van der Waals surface area contributed by atoms with Crippen LogP contribution in [0.25, 0.3) is 0 Å². The highest BCUT2D eigenvalue weighted by Gasteiger charge is 2.61. The van der Waals surface area contributed by atoms with Crippen LogP contribution in [0.5, 0.6) is 0 Å². The Morgan fingerprint density at radius 3 is 2.73 bits per heavy atom. The number of allylic oxidation sites excluding steroid dienone is 3. The minimum absolute atomic E-state index is 0.0658. The van der Waals surface area contributed by atoms with E-state index < -0.39 is 5.60 Å². The zero-order valence-electron chi connectivity index (χ0n) is 16.1. The number of hydrogen-bond donors (Lipinski definition) is 0. The zero-order valence-corrected chi connectivity index (χ0v) is 16.1. The summed E-state index contributed by atoms with van der Waals surface area (Å²) in [6.07, 6.45) is 17.2. The monoisotopic (exact) mass is 354 g/mol. The number of methoxy groups -OCH3 is 1. The van der Waals surface area contributed by atoms with E-state index in [0.29, 0.717) is 11.8 Å². The van der Waals surface area contributed by atoms with E-state index in [0.717, 1.165) is 45.3 Å². The van der Waals surface area contributed by atoms with Crippen LogP contribution in [-0.2, 0) is 14.2 Å². The minimum Gasteiger partial charge on any atom is -0.365 e. The molecule has 26 heavy (non-hydrogen) atoms. The number of fused-ring (bicyclic) bond motifs is 4. The van der Waals surface area contributed by atoms with Crippen molar-refractivity contribution in [3.05, 3.63) is 22.8 Å². The quantitative estimate of drug-likeness (QED) is 0.654. The molecule has 0 N–H and O–H groups in total. The van der Waals surface area contributed by atoms with Crippen molar-refractivity contribution in [2.45, 2.75) is 69.7 Å². The fourth-order valence-electron chi connectivity index (χ4n) is 6.92. The third-order valence-corrected chi connectivity index (χ3v) is 8.35. The first-order valence-electron chi connectivity index (χ1n) is 10.3. The maximum Gasteiger partial charge on any atom is 0.172 e. The predicted molar refractivity (Wildman–Crippen MR) is 100 cm³/mol. The highest BCUT2D eigenvalue weighted by Crippen LogP contribution is 2.63. The van der Waals surface area contributed by atoms with Gasteiger partial charge in [0.05, 0.1) is 13.2 Å². The topological polar surface area (TPSA) is 27.7 Å². The van der Waals surface area contributed by atoms with Gasteiger partial charge in [-0.05, 0) is 61.5 Å². The van der Waals surface area contributed by atoms with Crippen molar-refractivity contribution >= 4 is 0 Å². The second kappa shape index (κ2) is 5.71. The normalized spacial score (nSPS) is 43.5. The van der Waals surface area contributed by atoms with Crippen LogP contribution in [0.3, 0.4) is 0 Å². The summed E-state index contributed by atoms with van der Waals surface area (Å²) in [6.45, 7) is 3.88. The Kier molecular flexibility index (Phi) is 3.74. The van der Waals surface area contributed by atoms with Crippen LogP contribution in [0, 0.1) is 29.6 Å². The van der Waals surface area contributed by atoms with Gasteiger partial charge in [0.1, 0.15) is 5.60 Å². The summed E-state index contributed by atoms with van der Waals surface area (Å²) < 4.78 is 17.9. The molecule has 0 radical (unpaired) electrons. The van der Waals surface area contributed by atoms with Crippen LogP contribution in [0.15, 0.2) is 22.8 Å². The van der Waals surface area contributed by atoms with E-state index in [4.69, 9.17) is 20.6 Å². The van der Waals surface area contributed by atoms with E-state index in [-0.39, 0.29) is 11.2 Å². The lowest BCUT2D eigenvalue weighted by Crippen LogP contribution is -2.49. The molecule has 4 aliphatic carbocycles. The van der Waals surface area contributed by atoms with Crippen molar-refractivity contribution in [2.75, 3.05) is 20.3 Å². The summed E-state index contributed by atoms with van der Waals surface area (Å²) in [6, 6.07) is 0. The molecule has 1 aliphatic heterocycles.